The molecule has 0 spiro atoms. The van der Waals surface area contributed by atoms with Gasteiger partial charge in [0.05, 0.1) is 12.6 Å². The molecule has 0 bridgehead atoms. The van der Waals surface area contributed by atoms with Crippen LogP contribution in [0.3, 0.4) is 0 Å². The fourth-order valence-corrected chi connectivity index (χ4v) is 1.96. The predicted octanol–water partition coefficient (Wildman–Crippen LogP) is 2.79. The molecule has 5 heteroatoms. The van der Waals surface area contributed by atoms with Crippen molar-refractivity contribution >= 4 is 11.9 Å². The minimum absolute atomic E-state index is 0.299. The van der Waals surface area contributed by atoms with E-state index in [9.17, 15) is 9.59 Å². The third kappa shape index (κ3) is 2.91. The zero-order valence-electron chi connectivity index (χ0n) is 13.1. The van der Waals surface area contributed by atoms with Crippen LogP contribution in [-0.4, -0.2) is 36.0 Å². The van der Waals surface area contributed by atoms with Crippen LogP contribution >= 0.6 is 0 Å². The second-order valence-corrected chi connectivity index (χ2v) is 6.94. The molecule has 0 N–H and O–H groups in total. The van der Waals surface area contributed by atoms with E-state index in [0.29, 0.717) is 11.3 Å². The first-order valence-electron chi connectivity index (χ1n) is 6.36. The lowest BCUT2D eigenvalue weighted by atomic mass is 9.79. The minimum Gasteiger partial charge on any atom is -0.379 e. The molecule has 0 fully saturated rings. The average Bonchev–Trinajstić information content (AvgIpc) is 2.29. The summed E-state index contributed by atoms with van der Waals surface area (Å²) in [4.78, 5) is 31.3. The molecule has 0 aromatic heterocycles. The van der Waals surface area contributed by atoms with Crippen molar-refractivity contribution in [1.29, 1.82) is 0 Å². The van der Waals surface area contributed by atoms with E-state index in [4.69, 9.17) is 4.84 Å². The molecule has 0 unspecified atom stereocenters. The highest BCUT2D eigenvalue weighted by Gasteiger charge is 2.41. The van der Waals surface area contributed by atoms with E-state index in [1.165, 1.54) is 14.1 Å². The molecule has 0 saturated heterocycles. The Bertz CT molecular complexity index is 439. The van der Waals surface area contributed by atoms with Gasteiger partial charge in [0.15, 0.2) is 0 Å². The second kappa shape index (κ2) is 4.54. The number of hydroxylamine groups is 2. The van der Waals surface area contributed by atoms with Gasteiger partial charge in [0.1, 0.15) is 5.76 Å². The van der Waals surface area contributed by atoms with Crippen LogP contribution < -0.4 is 0 Å². The number of hydrogen-bond acceptors (Lipinski definition) is 3. The lowest BCUT2D eigenvalue weighted by Crippen LogP contribution is -2.41. The summed E-state index contributed by atoms with van der Waals surface area (Å²) in [6.45, 7) is 11.7. The molecule has 108 valence electrons. The standard InChI is InChI=1S/C14H24N2O3/c1-13(2,3)9-10(14(4,5)6)19-16(8)12(18)15(7)11(9)17/h1-8H3. The molecule has 0 aromatic rings. The lowest BCUT2D eigenvalue weighted by Gasteiger charge is -2.30. The highest BCUT2D eigenvalue weighted by Crippen LogP contribution is 2.39. The zero-order valence-corrected chi connectivity index (χ0v) is 13.1. The number of hydrogen-bond donors (Lipinski definition) is 0. The Morgan fingerprint density at radius 1 is 0.895 bits per heavy atom. The molecule has 1 aliphatic rings. The molecule has 0 atom stereocenters. The Kier molecular flexibility index (Phi) is 3.72. The normalized spacial score (nSPS) is 18.7. The van der Waals surface area contributed by atoms with Gasteiger partial charge < -0.3 is 4.84 Å². The monoisotopic (exact) mass is 268 g/mol. The summed E-state index contributed by atoms with van der Waals surface area (Å²) in [5.41, 5.74) is -0.225. The predicted molar refractivity (Wildman–Crippen MR) is 73.0 cm³/mol. The molecule has 1 heterocycles. The van der Waals surface area contributed by atoms with Crippen LogP contribution in [0.15, 0.2) is 11.3 Å². The maximum absolute atomic E-state index is 12.5. The maximum Gasteiger partial charge on any atom is 0.359 e. The molecule has 0 radical (unpaired) electrons. The Labute approximate surface area is 115 Å². The van der Waals surface area contributed by atoms with Crippen LogP contribution in [0.25, 0.3) is 0 Å². The molecule has 1 rings (SSSR count). The third-order valence-electron chi connectivity index (χ3n) is 2.96. The van der Waals surface area contributed by atoms with Gasteiger partial charge in [0.25, 0.3) is 5.91 Å². The van der Waals surface area contributed by atoms with Gasteiger partial charge in [-0.05, 0) is 5.41 Å². The second-order valence-electron chi connectivity index (χ2n) is 6.94. The van der Waals surface area contributed by atoms with E-state index in [-0.39, 0.29) is 11.3 Å². The zero-order chi connectivity index (χ0) is 15.2. The minimum atomic E-state index is -0.467. The first-order valence-corrected chi connectivity index (χ1v) is 6.36. The van der Waals surface area contributed by atoms with E-state index in [0.717, 1.165) is 9.96 Å². The summed E-state index contributed by atoms with van der Waals surface area (Å²) in [6.07, 6.45) is 0. The van der Waals surface area contributed by atoms with E-state index in [2.05, 4.69) is 0 Å². The SMILES string of the molecule is CN1OC(C(C)(C)C)=C(C(C)(C)C)C(=O)N(C)C1=O. The smallest absolute Gasteiger partial charge is 0.359 e. The summed E-state index contributed by atoms with van der Waals surface area (Å²) >= 11 is 0. The number of carbonyl (C=O) groups excluding carboxylic acids is 2. The van der Waals surface area contributed by atoms with Crippen LogP contribution in [0.1, 0.15) is 41.5 Å². The van der Waals surface area contributed by atoms with Gasteiger partial charge in [-0.1, -0.05) is 41.5 Å². The van der Waals surface area contributed by atoms with Gasteiger partial charge in [-0.15, -0.1) is 0 Å². The van der Waals surface area contributed by atoms with Crippen molar-refractivity contribution in [1.82, 2.24) is 9.96 Å². The van der Waals surface area contributed by atoms with E-state index >= 15 is 0 Å². The summed E-state index contributed by atoms with van der Waals surface area (Å²) in [7, 11) is 2.99. The van der Waals surface area contributed by atoms with E-state index in [1.54, 1.807) is 0 Å². The number of likely N-dealkylation sites (N-methyl/N-ethyl adjacent to an activating group) is 1. The number of allylic oxidation sites excluding steroid dienone is 1. The fourth-order valence-electron chi connectivity index (χ4n) is 1.96. The van der Waals surface area contributed by atoms with Crippen molar-refractivity contribution in [3.63, 3.8) is 0 Å². The van der Waals surface area contributed by atoms with Crippen molar-refractivity contribution < 1.29 is 14.4 Å². The Morgan fingerprint density at radius 2 is 1.37 bits per heavy atom. The van der Waals surface area contributed by atoms with Crippen molar-refractivity contribution in [2.75, 3.05) is 14.1 Å². The molecule has 0 aliphatic carbocycles. The first kappa shape index (κ1) is 15.5. The first-order chi connectivity index (χ1) is 8.37. The van der Waals surface area contributed by atoms with Crippen molar-refractivity contribution in [3.8, 4) is 0 Å². The number of imide groups is 1. The summed E-state index contributed by atoms with van der Waals surface area (Å²) in [6, 6.07) is -0.467. The van der Waals surface area contributed by atoms with Crippen LogP contribution in [0.5, 0.6) is 0 Å². The molecular formula is C14H24N2O3. The number of amides is 3. The van der Waals surface area contributed by atoms with Crippen molar-refractivity contribution in [3.05, 3.63) is 11.3 Å². The Hall–Kier alpha value is -1.52. The third-order valence-corrected chi connectivity index (χ3v) is 2.96. The Balaban J connectivity index is 3.56. The largest absolute Gasteiger partial charge is 0.379 e. The summed E-state index contributed by atoms with van der Waals surface area (Å²) in [5, 5.41) is 1.11. The molecule has 0 saturated carbocycles. The lowest BCUT2D eigenvalue weighted by molar-refractivity contribution is -0.125. The number of carbonyl (C=O) groups is 2. The van der Waals surface area contributed by atoms with Gasteiger partial charge in [-0.3, -0.25) is 9.69 Å². The maximum atomic E-state index is 12.5. The quantitative estimate of drug-likeness (QED) is 0.678. The number of nitrogens with zero attached hydrogens (tertiary/aromatic N) is 2. The van der Waals surface area contributed by atoms with Gasteiger partial charge >= 0.3 is 6.03 Å². The fraction of sp³-hybridized carbons (Fsp3) is 0.714. The summed E-state index contributed by atoms with van der Waals surface area (Å²) < 4.78 is 0. The molecule has 5 nitrogen and oxygen atoms in total. The van der Waals surface area contributed by atoms with Crippen LogP contribution in [0.2, 0.25) is 0 Å². The number of rotatable bonds is 0. The van der Waals surface area contributed by atoms with Gasteiger partial charge in [0.2, 0.25) is 0 Å². The molecule has 19 heavy (non-hydrogen) atoms. The molecule has 3 amide bonds. The van der Waals surface area contributed by atoms with Crippen LogP contribution in [-0.2, 0) is 9.63 Å². The van der Waals surface area contributed by atoms with E-state index in [1.807, 2.05) is 41.5 Å². The molecular weight excluding hydrogens is 244 g/mol. The number of urea groups is 1. The van der Waals surface area contributed by atoms with Crippen molar-refractivity contribution in [2.45, 2.75) is 41.5 Å². The Morgan fingerprint density at radius 3 is 1.74 bits per heavy atom. The van der Waals surface area contributed by atoms with Gasteiger partial charge in [0, 0.05) is 12.5 Å². The highest BCUT2D eigenvalue weighted by molar-refractivity contribution is 6.05. The van der Waals surface area contributed by atoms with Gasteiger partial charge in [-0.25, -0.2) is 4.79 Å². The summed E-state index contributed by atoms with van der Waals surface area (Å²) in [5.74, 6) is 0.247. The average molecular weight is 268 g/mol. The topological polar surface area (TPSA) is 49.9 Å². The van der Waals surface area contributed by atoms with Crippen molar-refractivity contribution in [2.24, 2.45) is 10.8 Å². The van der Waals surface area contributed by atoms with Crippen LogP contribution in [0.4, 0.5) is 4.79 Å². The highest BCUT2D eigenvalue weighted by atomic mass is 16.7. The molecule has 0 aromatic carbocycles. The van der Waals surface area contributed by atoms with E-state index < -0.39 is 11.4 Å². The van der Waals surface area contributed by atoms with Crippen LogP contribution in [0, 0.1) is 10.8 Å². The van der Waals surface area contributed by atoms with Gasteiger partial charge in [-0.2, -0.15) is 5.06 Å². The molecule has 1 aliphatic heterocycles.